The van der Waals surface area contributed by atoms with Crippen LogP contribution >= 0.6 is 11.3 Å². The third-order valence-corrected chi connectivity index (χ3v) is 4.47. The van der Waals surface area contributed by atoms with Crippen LogP contribution in [0.15, 0.2) is 5.38 Å². The lowest BCUT2D eigenvalue weighted by atomic mass is 10.00. The van der Waals surface area contributed by atoms with Gasteiger partial charge >= 0.3 is 0 Å². The second kappa shape index (κ2) is 5.38. The van der Waals surface area contributed by atoms with Gasteiger partial charge in [0.25, 0.3) is 0 Å². The Morgan fingerprint density at radius 2 is 1.95 bits per heavy atom. The molecule has 3 atom stereocenters. The quantitative estimate of drug-likeness (QED) is 0.857. The number of carbonyl (C=O) groups is 2. The first kappa shape index (κ1) is 14.1. The van der Waals surface area contributed by atoms with E-state index >= 15 is 0 Å². The van der Waals surface area contributed by atoms with Crippen molar-refractivity contribution < 1.29 is 9.59 Å². The fourth-order valence-electron chi connectivity index (χ4n) is 2.12. The van der Waals surface area contributed by atoms with Gasteiger partial charge in [-0.1, -0.05) is 20.8 Å². The lowest BCUT2D eigenvalue weighted by molar-refractivity contribution is -0.122. The molecule has 1 aliphatic heterocycles. The Hall–Kier alpha value is -1.27. The highest BCUT2D eigenvalue weighted by Crippen LogP contribution is 2.33. The predicted octanol–water partition coefficient (Wildman–Crippen LogP) is 1.96. The maximum absolute atomic E-state index is 12.1. The Kier molecular flexibility index (Phi) is 4.01. The van der Waals surface area contributed by atoms with E-state index in [0.29, 0.717) is 5.13 Å². The van der Waals surface area contributed by atoms with E-state index in [-0.39, 0.29) is 29.7 Å². The number of rotatable bonds is 4. The summed E-state index contributed by atoms with van der Waals surface area (Å²) in [6.45, 7) is 8.48. The minimum absolute atomic E-state index is 0.123. The van der Waals surface area contributed by atoms with E-state index in [1.165, 1.54) is 16.2 Å². The van der Waals surface area contributed by atoms with Crippen molar-refractivity contribution >= 4 is 28.3 Å². The normalized spacial score (nSPS) is 25.2. The minimum atomic E-state index is -0.258. The highest BCUT2D eigenvalue weighted by atomic mass is 32.1. The molecule has 19 heavy (non-hydrogen) atoms. The minimum Gasteiger partial charge on any atom is -0.309 e. The van der Waals surface area contributed by atoms with Crippen LogP contribution in [0.1, 0.15) is 39.4 Å². The van der Waals surface area contributed by atoms with E-state index in [1.807, 2.05) is 19.2 Å². The van der Waals surface area contributed by atoms with Crippen molar-refractivity contribution in [2.24, 2.45) is 11.8 Å². The third kappa shape index (κ3) is 2.42. The first-order valence-corrected chi connectivity index (χ1v) is 7.42. The predicted molar refractivity (Wildman–Crippen MR) is 75.0 cm³/mol. The van der Waals surface area contributed by atoms with Gasteiger partial charge in [0.2, 0.25) is 11.8 Å². The Labute approximate surface area is 117 Å². The van der Waals surface area contributed by atoms with Gasteiger partial charge in [0.1, 0.15) is 0 Å². The van der Waals surface area contributed by atoms with Crippen LogP contribution in [-0.4, -0.2) is 23.3 Å². The van der Waals surface area contributed by atoms with Crippen molar-refractivity contribution in [1.82, 2.24) is 10.3 Å². The number of nitrogens with zero attached hydrogens (tertiary/aromatic N) is 2. The molecule has 3 unspecified atom stereocenters. The topological polar surface area (TPSA) is 62.3 Å². The summed E-state index contributed by atoms with van der Waals surface area (Å²) in [6.07, 6.45) is 0. The smallest absolute Gasteiger partial charge is 0.239 e. The molecule has 1 aromatic rings. The van der Waals surface area contributed by atoms with Crippen molar-refractivity contribution in [2.45, 2.75) is 33.7 Å². The van der Waals surface area contributed by atoms with Gasteiger partial charge < -0.3 is 5.32 Å². The van der Waals surface area contributed by atoms with Gasteiger partial charge in [-0.2, -0.15) is 0 Å². The van der Waals surface area contributed by atoms with Crippen LogP contribution in [0.2, 0.25) is 0 Å². The first-order valence-electron chi connectivity index (χ1n) is 6.54. The zero-order valence-electron chi connectivity index (χ0n) is 11.6. The van der Waals surface area contributed by atoms with Crippen LogP contribution in [0.4, 0.5) is 5.13 Å². The molecular weight excluding hydrogens is 262 g/mol. The summed E-state index contributed by atoms with van der Waals surface area (Å²) >= 11 is 1.35. The van der Waals surface area contributed by atoms with Crippen LogP contribution in [0.25, 0.3) is 0 Å². The first-order chi connectivity index (χ1) is 8.97. The van der Waals surface area contributed by atoms with E-state index in [0.717, 1.165) is 12.2 Å². The maximum atomic E-state index is 12.1. The molecule has 1 saturated heterocycles. The number of nitrogens with one attached hydrogen (secondary N) is 1. The zero-order valence-corrected chi connectivity index (χ0v) is 12.5. The van der Waals surface area contributed by atoms with Crippen LogP contribution in [0.5, 0.6) is 0 Å². The lowest BCUT2D eigenvalue weighted by Gasteiger charge is -2.11. The Morgan fingerprint density at radius 1 is 1.37 bits per heavy atom. The molecule has 6 heteroatoms. The summed E-state index contributed by atoms with van der Waals surface area (Å²) in [6, 6.07) is 0.123. The third-order valence-electron chi connectivity index (χ3n) is 3.62. The highest BCUT2D eigenvalue weighted by Gasteiger charge is 2.44. The summed E-state index contributed by atoms with van der Waals surface area (Å²) < 4.78 is 0. The van der Waals surface area contributed by atoms with E-state index in [2.05, 4.69) is 10.3 Å². The molecule has 2 heterocycles. The SMILES string of the molecule is CCNC(C)c1csc(N2C(=O)C(C)C(C)C2=O)n1. The maximum Gasteiger partial charge on any atom is 0.239 e. The summed E-state index contributed by atoms with van der Waals surface area (Å²) in [5.74, 6) is -0.805. The number of hydrogen-bond donors (Lipinski definition) is 1. The van der Waals surface area contributed by atoms with Crippen molar-refractivity contribution in [3.05, 3.63) is 11.1 Å². The van der Waals surface area contributed by atoms with Crippen molar-refractivity contribution in [3.8, 4) is 0 Å². The molecule has 0 aliphatic carbocycles. The van der Waals surface area contributed by atoms with E-state index in [9.17, 15) is 9.59 Å². The molecule has 5 nitrogen and oxygen atoms in total. The molecule has 0 spiro atoms. The van der Waals surface area contributed by atoms with E-state index in [1.54, 1.807) is 13.8 Å². The molecule has 1 aliphatic rings. The summed E-state index contributed by atoms with van der Waals surface area (Å²) in [5.41, 5.74) is 0.870. The monoisotopic (exact) mass is 281 g/mol. The standard InChI is InChI=1S/C13H19N3O2S/c1-5-14-9(4)10-6-19-13(15-10)16-11(17)7(2)8(3)12(16)18/h6-9,14H,5H2,1-4H3. The number of amides is 2. The lowest BCUT2D eigenvalue weighted by Crippen LogP contribution is -2.30. The average molecular weight is 281 g/mol. The zero-order chi connectivity index (χ0) is 14.2. The van der Waals surface area contributed by atoms with Crippen LogP contribution in [0.3, 0.4) is 0 Å². The molecule has 0 saturated carbocycles. The molecular formula is C13H19N3O2S. The van der Waals surface area contributed by atoms with Gasteiger partial charge in [-0.25, -0.2) is 9.88 Å². The molecule has 104 valence electrons. The van der Waals surface area contributed by atoms with Gasteiger partial charge in [0.05, 0.1) is 5.69 Å². The van der Waals surface area contributed by atoms with Crippen LogP contribution < -0.4 is 10.2 Å². The van der Waals surface area contributed by atoms with Crippen molar-refractivity contribution in [1.29, 1.82) is 0 Å². The Balaban J connectivity index is 2.24. The fourth-order valence-corrected chi connectivity index (χ4v) is 3.05. The second-order valence-corrected chi connectivity index (χ2v) is 5.76. The van der Waals surface area contributed by atoms with E-state index in [4.69, 9.17) is 0 Å². The molecule has 0 aromatic carbocycles. The molecule has 2 rings (SSSR count). The molecule has 1 aromatic heterocycles. The van der Waals surface area contributed by atoms with Gasteiger partial charge in [-0.15, -0.1) is 11.3 Å². The number of aromatic nitrogens is 1. The van der Waals surface area contributed by atoms with Crippen molar-refractivity contribution in [3.63, 3.8) is 0 Å². The molecule has 0 radical (unpaired) electrons. The summed E-state index contributed by atoms with van der Waals surface area (Å²) in [7, 11) is 0. The van der Waals surface area contributed by atoms with Gasteiger partial charge in [-0.3, -0.25) is 9.59 Å². The molecule has 1 N–H and O–H groups in total. The number of imide groups is 1. The molecule has 1 fully saturated rings. The van der Waals surface area contributed by atoms with Crippen molar-refractivity contribution in [2.75, 3.05) is 11.4 Å². The number of carbonyl (C=O) groups excluding carboxylic acids is 2. The average Bonchev–Trinajstić information content (AvgIpc) is 2.92. The fraction of sp³-hybridized carbons (Fsp3) is 0.615. The van der Waals surface area contributed by atoms with Gasteiger partial charge in [0, 0.05) is 23.3 Å². The van der Waals surface area contributed by atoms with Gasteiger partial charge in [-0.05, 0) is 13.5 Å². The highest BCUT2D eigenvalue weighted by molar-refractivity contribution is 7.14. The second-order valence-electron chi connectivity index (χ2n) is 4.92. The largest absolute Gasteiger partial charge is 0.309 e. The Morgan fingerprint density at radius 3 is 2.47 bits per heavy atom. The Bertz CT molecular complexity index is 480. The van der Waals surface area contributed by atoms with E-state index < -0.39 is 0 Å². The summed E-state index contributed by atoms with van der Waals surface area (Å²) in [4.78, 5) is 29.8. The number of anilines is 1. The number of thiazole rings is 1. The number of hydrogen-bond acceptors (Lipinski definition) is 5. The molecule has 0 bridgehead atoms. The van der Waals surface area contributed by atoms with Gasteiger partial charge in [0.15, 0.2) is 5.13 Å². The molecule has 2 amide bonds. The van der Waals surface area contributed by atoms with Crippen LogP contribution in [0, 0.1) is 11.8 Å². The van der Waals surface area contributed by atoms with Crippen LogP contribution in [-0.2, 0) is 9.59 Å². The summed E-state index contributed by atoms with van der Waals surface area (Å²) in [5, 5.41) is 5.65.